The summed E-state index contributed by atoms with van der Waals surface area (Å²) >= 11 is 9.27. The predicted molar refractivity (Wildman–Crippen MR) is 125 cm³/mol. The topological polar surface area (TPSA) is 89.3 Å². The number of nitrogens with one attached hydrogen (secondary N) is 1. The lowest BCUT2D eigenvalue weighted by atomic mass is 9.84. The van der Waals surface area contributed by atoms with Crippen molar-refractivity contribution in [2.24, 2.45) is 0 Å². The Morgan fingerprint density at radius 3 is 2.31 bits per heavy atom. The highest BCUT2D eigenvalue weighted by molar-refractivity contribution is 9.10. The maximum absolute atomic E-state index is 16.6. The molecule has 2 atom stereocenters. The minimum absolute atomic E-state index is 0.107. The van der Waals surface area contributed by atoms with Crippen LogP contribution in [-0.2, 0) is 22.1 Å². The molecule has 0 saturated carbocycles. The Kier molecular flexibility index (Phi) is 7.34. The lowest BCUT2D eigenvalue weighted by Gasteiger charge is -2.33. The van der Waals surface area contributed by atoms with Gasteiger partial charge in [-0.3, -0.25) is 10.1 Å². The van der Waals surface area contributed by atoms with E-state index in [4.69, 9.17) is 11.6 Å². The van der Waals surface area contributed by atoms with Gasteiger partial charge < -0.3 is 0 Å². The SMILES string of the molecule is CC(NS(=O)(=O)c1ccc([N+](=O)[O-])cc1)C(F)(Cc1ccc(Cl)cc1)c1cccc(Br)c1. The summed E-state index contributed by atoms with van der Waals surface area (Å²) in [4.78, 5) is 10.0. The standard InChI is InChI=1S/C22H19BrClFN2O4S/c1-15(26-32(30,31)21-11-9-20(10-12-21)27(28)29)22(25,17-3-2-4-18(23)13-17)14-16-5-7-19(24)8-6-16/h2-13,15,26H,14H2,1H3. The van der Waals surface area contributed by atoms with Crippen molar-refractivity contribution in [3.8, 4) is 0 Å². The monoisotopic (exact) mass is 540 g/mol. The molecule has 32 heavy (non-hydrogen) atoms. The largest absolute Gasteiger partial charge is 0.269 e. The molecular formula is C22H19BrClFN2O4S. The van der Waals surface area contributed by atoms with Crippen LogP contribution < -0.4 is 4.72 Å². The van der Waals surface area contributed by atoms with Crippen molar-refractivity contribution in [3.05, 3.63) is 104 Å². The molecule has 168 valence electrons. The number of halogens is 3. The minimum Gasteiger partial charge on any atom is -0.258 e. The van der Waals surface area contributed by atoms with Crippen LogP contribution >= 0.6 is 27.5 Å². The summed E-state index contributed by atoms with van der Waals surface area (Å²) in [6.07, 6.45) is -0.107. The van der Waals surface area contributed by atoms with Gasteiger partial charge in [0.2, 0.25) is 10.0 Å². The predicted octanol–water partition coefficient (Wildman–Crippen LogP) is 5.79. The summed E-state index contributed by atoms with van der Waals surface area (Å²) < 4.78 is 45.5. The van der Waals surface area contributed by atoms with Gasteiger partial charge in [-0.15, -0.1) is 0 Å². The third-order valence-electron chi connectivity index (χ3n) is 5.06. The van der Waals surface area contributed by atoms with E-state index in [1.807, 2.05) is 0 Å². The van der Waals surface area contributed by atoms with E-state index in [2.05, 4.69) is 20.7 Å². The number of rotatable bonds is 8. The van der Waals surface area contributed by atoms with E-state index < -0.39 is 26.7 Å². The van der Waals surface area contributed by atoms with E-state index in [1.165, 1.54) is 6.92 Å². The quantitative estimate of drug-likeness (QED) is 0.289. The van der Waals surface area contributed by atoms with E-state index in [0.717, 1.165) is 24.3 Å². The Balaban J connectivity index is 1.96. The molecule has 0 aromatic heterocycles. The second kappa shape index (κ2) is 9.66. The number of non-ortho nitro benzene ring substituents is 1. The normalized spacial score (nSPS) is 14.5. The lowest BCUT2D eigenvalue weighted by Crippen LogP contribution is -2.47. The van der Waals surface area contributed by atoms with Gasteiger partial charge in [0.1, 0.15) is 0 Å². The Morgan fingerprint density at radius 2 is 1.75 bits per heavy atom. The molecule has 0 aliphatic carbocycles. The first-order valence-electron chi connectivity index (χ1n) is 9.47. The Bertz CT molecular complexity index is 1220. The van der Waals surface area contributed by atoms with Gasteiger partial charge in [0, 0.05) is 28.0 Å². The molecule has 3 rings (SSSR count). The molecule has 10 heteroatoms. The van der Waals surface area contributed by atoms with Gasteiger partial charge >= 0.3 is 0 Å². The molecule has 3 aromatic carbocycles. The molecule has 2 unspecified atom stereocenters. The van der Waals surface area contributed by atoms with E-state index in [-0.39, 0.29) is 17.0 Å². The number of nitrogens with zero attached hydrogens (tertiary/aromatic N) is 1. The summed E-state index contributed by atoms with van der Waals surface area (Å²) in [6.45, 7) is 1.44. The fraction of sp³-hybridized carbons (Fsp3) is 0.182. The maximum atomic E-state index is 16.6. The molecule has 0 spiro atoms. The van der Waals surface area contributed by atoms with Gasteiger partial charge in [0.05, 0.1) is 15.9 Å². The molecule has 0 aliphatic rings. The number of benzene rings is 3. The van der Waals surface area contributed by atoms with Crippen molar-refractivity contribution in [1.29, 1.82) is 0 Å². The van der Waals surface area contributed by atoms with Crippen molar-refractivity contribution in [3.63, 3.8) is 0 Å². The molecule has 1 N–H and O–H groups in total. The molecule has 6 nitrogen and oxygen atoms in total. The van der Waals surface area contributed by atoms with Gasteiger partial charge in [-0.1, -0.05) is 51.8 Å². The summed E-state index contributed by atoms with van der Waals surface area (Å²) in [6, 6.07) is 16.5. The summed E-state index contributed by atoms with van der Waals surface area (Å²) in [5.74, 6) is 0. The first-order chi connectivity index (χ1) is 15.0. The highest BCUT2D eigenvalue weighted by atomic mass is 79.9. The van der Waals surface area contributed by atoms with Crippen molar-refractivity contribution in [2.45, 2.75) is 30.0 Å². The fourth-order valence-corrected chi connectivity index (χ4v) is 5.10. The number of sulfonamides is 1. The highest BCUT2D eigenvalue weighted by Gasteiger charge is 2.41. The highest BCUT2D eigenvalue weighted by Crippen LogP contribution is 2.36. The van der Waals surface area contributed by atoms with Gasteiger partial charge in [0.25, 0.3) is 5.69 Å². The average molecular weight is 542 g/mol. The van der Waals surface area contributed by atoms with Crippen LogP contribution in [-0.4, -0.2) is 19.4 Å². The van der Waals surface area contributed by atoms with Crippen LogP contribution in [0.4, 0.5) is 10.1 Å². The average Bonchev–Trinajstić information content (AvgIpc) is 2.75. The molecule has 0 aliphatic heterocycles. The molecule has 0 bridgehead atoms. The van der Waals surface area contributed by atoms with Crippen LogP contribution in [0.25, 0.3) is 0 Å². The summed E-state index contributed by atoms with van der Waals surface area (Å²) in [5, 5.41) is 11.3. The van der Waals surface area contributed by atoms with Crippen LogP contribution in [0.1, 0.15) is 18.1 Å². The minimum atomic E-state index is -4.15. The maximum Gasteiger partial charge on any atom is 0.269 e. The summed E-state index contributed by atoms with van der Waals surface area (Å²) in [5.41, 5.74) is -1.42. The van der Waals surface area contributed by atoms with Gasteiger partial charge in [-0.25, -0.2) is 17.5 Å². The molecule has 0 amide bonds. The smallest absolute Gasteiger partial charge is 0.258 e. The van der Waals surface area contributed by atoms with Crippen molar-refractivity contribution in [2.75, 3.05) is 0 Å². The number of nitro groups is 1. The van der Waals surface area contributed by atoms with Crippen molar-refractivity contribution in [1.82, 2.24) is 4.72 Å². The van der Waals surface area contributed by atoms with Gasteiger partial charge in [-0.2, -0.15) is 0 Å². The summed E-state index contributed by atoms with van der Waals surface area (Å²) in [7, 11) is -4.15. The number of nitro benzene ring substituents is 1. The molecule has 0 fully saturated rings. The first kappa shape index (κ1) is 24.3. The van der Waals surface area contributed by atoms with E-state index in [0.29, 0.717) is 20.6 Å². The van der Waals surface area contributed by atoms with Crippen LogP contribution in [0.2, 0.25) is 5.02 Å². The van der Waals surface area contributed by atoms with Crippen LogP contribution in [0.15, 0.2) is 82.2 Å². The van der Waals surface area contributed by atoms with E-state index in [1.54, 1.807) is 48.5 Å². The second-order valence-corrected chi connectivity index (χ2v) is 10.3. The van der Waals surface area contributed by atoms with Crippen LogP contribution in [0.5, 0.6) is 0 Å². The molecule has 0 heterocycles. The van der Waals surface area contributed by atoms with E-state index in [9.17, 15) is 18.5 Å². The Hall–Kier alpha value is -2.33. The van der Waals surface area contributed by atoms with Crippen LogP contribution in [0.3, 0.4) is 0 Å². The Labute approximate surface area is 198 Å². The molecule has 3 aromatic rings. The molecule has 0 radical (unpaired) electrons. The zero-order chi connectivity index (χ0) is 23.5. The number of alkyl halides is 1. The van der Waals surface area contributed by atoms with E-state index >= 15 is 4.39 Å². The molecule has 0 saturated heterocycles. The third kappa shape index (κ3) is 5.53. The zero-order valence-electron chi connectivity index (χ0n) is 16.8. The van der Waals surface area contributed by atoms with Gasteiger partial charge in [-0.05, 0) is 54.4 Å². The second-order valence-electron chi connectivity index (χ2n) is 7.27. The Morgan fingerprint density at radius 1 is 1.12 bits per heavy atom. The fourth-order valence-electron chi connectivity index (χ4n) is 3.29. The van der Waals surface area contributed by atoms with Crippen molar-refractivity contribution >= 4 is 43.2 Å². The first-order valence-corrected chi connectivity index (χ1v) is 12.1. The van der Waals surface area contributed by atoms with Crippen LogP contribution in [0, 0.1) is 10.1 Å². The third-order valence-corrected chi connectivity index (χ3v) is 7.36. The lowest BCUT2D eigenvalue weighted by molar-refractivity contribution is -0.384. The zero-order valence-corrected chi connectivity index (χ0v) is 20.0. The number of hydrogen-bond acceptors (Lipinski definition) is 4. The van der Waals surface area contributed by atoms with Crippen molar-refractivity contribution < 1.29 is 17.7 Å². The molecular weight excluding hydrogens is 523 g/mol. The van der Waals surface area contributed by atoms with Gasteiger partial charge in [0.15, 0.2) is 5.67 Å². The number of hydrogen-bond donors (Lipinski definition) is 1.